The number of amides is 2. The summed E-state index contributed by atoms with van der Waals surface area (Å²) in [7, 11) is -4.14. The number of hydrogen-bond donors (Lipinski definition) is 5. The number of thioether (sulfide) groups is 1. The van der Waals surface area contributed by atoms with Crippen molar-refractivity contribution in [1.29, 1.82) is 0 Å². The lowest BCUT2D eigenvalue weighted by Gasteiger charge is -2.20. The van der Waals surface area contributed by atoms with Gasteiger partial charge in [-0.25, -0.2) is 8.42 Å². The van der Waals surface area contributed by atoms with E-state index in [0.29, 0.717) is 30.3 Å². The van der Waals surface area contributed by atoms with Crippen LogP contribution in [0.4, 0.5) is 0 Å². The van der Waals surface area contributed by atoms with E-state index >= 15 is 0 Å². The third kappa shape index (κ3) is 9.22. The van der Waals surface area contributed by atoms with Crippen LogP contribution < -0.4 is 20.7 Å². The molecule has 0 spiro atoms. The van der Waals surface area contributed by atoms with Gasteiger partial charge in [-0.3, -0.25) is 24.7 Å². The number of sulfonamides is 1. The quantitative estimate of drug-likeness (QED) is 0.282. The van der Waals surface area contributed by atoms with E-state index < -0.39 is 34.5 Å². The zero-order valence-electron chi connectivity index (χ0n) is 22.2. The van der Waals surface area contributed by atoms with Gasteiger partial charge < -0.3 is 15.7 Å². The molecule has 212 valence electrons. The number of aliphatic carboxylic acids is 1. The van der Waals surface area contributed by atoms with Crippen molar-refractivity contribution in [2.75, 3.05) is 19.6 Å². The van der Waals surface area contributed by atoms with Crippen LogP contribution in [0, 0.1) is 0 Å². The maximum atomic E-state index is 12.8. The highest BCUT2D eigenvalue weighted by molar-refractivity contribution is 8.07. The van der Waals surface area contributed by atoms with Crippen LogP contribution in [0.3, 0.4) is 0 Å². The minimum atomic E-state index is -4.14. The Balaban J connectivity index is 1.51. The van der Waals surface area contributed by atoms with Crippen LogP contribution in [0.25, 0.3) is 0 Å². The number of guanidine groups is 1. The Morgan fingerprint density at radius 1 is 1.15 bits per heavy atom. The van der Waals surface area contributed by atoms with Crippen LogP contribution in [-0.4, -0.2) is 62.9 Å². The molecular weight excluding hydrogens is 542 g/mol. The zero-order chi connectivity index (χ0) is 28.6. The molecule has 1 atom stereocenters. The molecule has 3 rings (SSSR count). The average molecular weight is 578 g/mol. The number of allylic oxidation sites excluding steroid dienone is 3. The predicted octanol–water partition coefficient (Wildman–Crippen LogP) is 1.98. The number of carboxylic acids is 1. The number of nitrogens with zero attached hydrogens (tertiary/aromatic N) is 1. The first-order chi connectivity index (χ1) is 18.3. The summed E-state index contributed by atoms with van der Waals surface area (Å²) in [4.78, 5) is 42.1. The topological polar surface area (TPSA) is 166 Å². The van der Waals surface area contributed by atoms with Crippen molar-refractivity contribution in [2.45, 2.75) is 62.8 Å². The van der Waals surface area contributed by atoms with Crippen molar-refractivity contribution in [3.8, 4) is 0 Å². The number of carbonyl (C=O) groups is 3. The summed E-state index contributed by atoms with van der Waals surface area (Å²) < 4.78 is 27.8. The van der Waals surface area contributed by atoms with Crippen molar-refractivity contribution in [2.24, 2.45) is 4.99 Å². The van der Waals surface area contributed by atoms with Crippen LogP contribution in [-0.2, 0) is 29.8 Å². The molecule has 11 nitrogen and oxygen atoms in total. The smallest absolute Gasteiger partial charge is 0.323 e. The molecular formula is C26H35N5O6S2. The first-order valence-corrected chi connectivity index (χ1v) is 14.9. The van der Waals surface area contributed by atoms with Crippen molar-refractivity contribution < 1.29 is 27.9 Å². The van der Waals surface area contributed by atoms with Gasteiger partial charge in [-0.15, -0.1) is 0 Å². The van der Waals surface area contributed by atoms with Crippen molar-refractivity contribution in [1.82, 2.24) is 20.7 Å². The van der Waals surface area contributed by atoms with Gasteiger partial charge in [0.25, 0.3) is 5.91 Å². The fourth-order valence-electron chi connectivity index (χ4n) is 3.71. The van der Waals surface area contributed by atoms with E-state index in [1.165, 1.54) is 23.9 Å². The minimum absolute atomic E-state index is 0.0659. The van der Waals surface area contributed by atoms with Gasteiger partial charge in [0.1, 0.15) is 6.04 Å². The number of benzene rings is 1. The molecule has 0 radical (unpaired) electrons. The van der Waals surface area contributed by atoms with Crippen LogP contribution in [0.15, 0.2) is 56.1 Å². The number of nitrogens with one attached hydrogen (secondary N) is 4. The molecule has 2 heterocycles. The van der Waals surface area contributed by atoms with Crippen molar-refractivity contribution in [3.63, 3.8) is 0 Å². The number of rotatable bonds is 10. The molecule has 0 aliphatic carbocycles. The molecule has 2 aliphatic rings. The minimum Gasteiger partial charge on any atom is -0.480 e. The number of hydrogen-bond acceptors (Lipinski definition) is 8. The highest BCUT2D eigenvalue weighted by Gasteiger charge is 2.27. The lowest BCUT2D eigenvalue weighted by atomic mass is 9.87. The maximum absolute atomic E-state index is 12.8. The Morgan fingerprint density at radius 2 is 1.87 bits per heavy atom. The molecule has 1 aromatic rings. The Bertz CT molecular complexity index is 1280. The summed E-state index contributed by atoms with van der Waals surface area (Å²) >= 11 is 1.20. The largest absolute Gasteiger partial charge is 0.480 e. The molecule has 2 aliphatic heterocycles. The van der Waals surface area contributed by atoms with E-state index in [9.17, 15) is 27.9 Å². The Labute approximate surface area is 233 Å². The van der Waals surface area contributed by atoms with Crippen LogP contribution in [0.1, 0.15) is 52.0 Å². The standard InChI is InChI=1S/C26H35N5O6S2/c1-26(2,3)17-8-11-19(12-9-17)39(36,37)31-20(24(34)35)16-29-23(33)21-7-4-6-18(38-21)10-13-22(32)30-25-27-14-5-15-28-25/h6-9,11-12,20,31H,4-5,10,13-16H2,1-3H3,(H,29,33)(H,34,35)(H2,27,28,30,32). The molecule has 1 unspecified atom stereocenters. The number of carbonyl (C=O) groups excluding carboxylic acids is 2. The van der Waals surface area contributed by atoms with E-state index in [2.05, 4.69) is 25.7 Å². The van der Waals surface area contributed by atoms with Crippen LogP contribution >= 0.6 is 11.8 Å². The second kappa shape index (κ2) is 13.3. The first kappa shape index (κ1) is 30.4. The van der Waals surface area contributed by atoms with E-state index in [-0.39, 0.29) is 22.6 Å². The van der Waals surface area contributed by atoms with Crippen LogP contribution in [0.2, 0.25) is 0 Å². The van der Waals surface area contributed by atoms with E-state index in [4.69, 9.17) is 0 Å². The molecule has 39 heavy (non-hydrogen) atoms. The predicted molar refractivity (Wildman–Crippen MR) is 151 cm³/mol. The fourth-order valence-corrected chi connectivity index (χ4v) is 5.91. The maximum Gasteiger partial charge on any atom is 0.323 e. The van der Waals surface area contributed by atoms with Gasteiger partial charge in [0.2, 0.25) is 15.9 Å². The van der Waals surface area contributed by atoms with E-state index in [0.717, 1.165) is 23.4 Å². The molecule has 0 bridgehead atoms. The molecule has 0 aromatic heterocycles. The SMILES string of the molecule is CC(C)(C)c1ccc(S(=O)(=O)NC(CNC(=O)C2=CCC=C(CCC(=O)NC3=NCCCN3)S2)C(=O)O)cc1. The third-order valence-electron chi connectivity index (χ3n) is 5.96. The molecule has 0 fully saturated rings. The summed E-state index contributed by atoms with van der Waals surface area (Å²) in [5.74, 6) is -1.65. The second-order valence-electron chi connectivity index (χ2n) is 10.1. The molecule has 0 saturated carbocycles. The molecule has 0 saturated heterocycles. The highest BCUT2D eigenvalue weighted by atomic mass is 32.2. The van der Waals surface area contributed by atoms with Crippen molar-refractivity contribution in [3.05, 3.63) is 51.8 Å². The number of aliphatic imine (C=N–C) groups is 1. The molecule has 2 amide bonds. The van der Waals surface area contributed by atoms with Gasteiger partial charge in [0.05, 0.1) is 9.80 Å². The lowest BCUT2D eigenvalue weighted by Crippen LogP contribution is -2.48. The molecule has 1 aromatic carbocycles. The molecule has 5 N–H and O–H groups in total. The van der Waals surface area contributed by atoms with E-state index in [1.807, 2.05) is 26.8 Å². The second-order valence-corrected chi connectivity index (χ2v) is 13.0. The fraction of sp³-hybridized carbons (Fsp3) is 0.462. The lowest BCUT2D eigenvalue weighted by molar-refractivity contribution is -0.138. The van der Waals surface area contributed by atoms with Crippen LogP contribution in [0.5, 0.6) is 0 Å². The normalized spacial score (nSPS) is 16.6. The summed E-state index contributed by atoms with van der Waals surface area (Å²) in [5, 5.41) is 17.8. The Morgan fingerprint density at radius 3 is 2.49 bits per heavy atom. The van der Waals surface area contributed by atoms with Gasteiger partial charge in [-0.2, -0.15) is 4.72 Å². The van der Waals surface area contributed by atoms with Gasteiger partial charge in [-0.05, 0) is 47.3 Å². The van der Waals surface area contributed by atoms with Gasteiger partial charge in [-0.1, -0.05) is 56.8 Å². The van der Waals surface area contributed by atoms with Gasteiger partial charge in [0, 0.05) is 26.1 Å². The molecule has 13 heteroatoms. The third-order valence-corrected chi connectivity index (χ3v) is 8.65. The highest BCUT2D eigenvalue weighted by Crippen LogP contribution is 2.33. The van der Waals surface area contributed by atoms with E-state index in [1.54, 1.807) is 18.2 Å². The summed E-state index contributed by atoms with van der Waals surface area (Å²) in [5.41, 5.74) is 0.768. The summed E-state index contributed by atoms with van der Waals surface area (Å²) in [6.45, 7) is 6.98. The Hall–Kier alpha value is -3.16. The Kier molecular flexibility index (Phi) is 10.3. The summed E-state index contributed by atoms with van der Waals surface area (Å²) in [6, 6.07) is 4.67. The zero-order valence-corrected chi connectivity index (χ0v) is 23.9. The first-order valence-electron chi connectivity index (χ1n) is 12.6. The monoisotopic (exact) mass is 577 g/mol. The average Bonchev–Trinajstić information content (AvgIpc) is 2.90. The van der Waals surface area contributed by atoms with Gasteiger partial charge in [0.15, 0.2) is 5.96 Å². The number of carboxylic acid groups (broad SMARTS) is 1. The van der Waals surface area contributed by atoms with Gasteiger partial charge >= 0.3 is 5.97 Å². The summed E-state index contributed by atoms with van der Waals surface area (Å²) in [6.07, 6.45) is 5.67. The van der Waals surface area contributed by atoms with Crippen molar-refractivity contribution >= 4 is 45.5 Å².